The number of carbonyl (C=O) groups excluding carboxylic acids is 1. The van der Waals surface area contributed by atoms with Crippen LogP contribution in [0.3, 0.4) is 0 Å². The van der Waals surface area contributed by atoms with Gasteiger partial charge in [0, 0.05) is 17.1 Å². The normalized spacial score (nSPS) is 15.7. The quantitative estimate of drug-likeness (QED) is 0.740. The number of H-pyrrole nitrogens is 1. The molecule has 1 amide bonds. The number of aryl methyl sites for hydroxylation is 1. The van der Waals surface area contributed by atoms with Crippen LogP contribution in [-0.2, 0) is 17.6 Å². The Kier molecular flexibility index (Phi) is 4.29. The smallest absolute Gasteiger partial charge is 0.224 e. The molecule has 0 aliphatic heterocycles. The number of nitrogens with one attached hydrogen (secondary N) is 2. The molecule has 1 aromatic heterocycles. The minimum Gasteiger partial charge on any atom is -0.493 e. The number of aromatic nitrogens is 1. The number of amides is 1. The predicted molar refractivity (Wildman–Crippen MR) is 101 cm³/mol. The van der Waals surface area contributed by atoms with Crippen molar-refractivity contribution in [2.45, 2.75) is 25.3 Å². The average Bonchev–Trinajstić information content (AvgIpc) is 3.25. The number of benzene rings is 2. The van der Waals surface area contributed by atoms with E-state index < -0.39 is 0 Å². The first-order valence-electron chi connectivity index (χ1n) is 8.78. The molecule has 0 unspecified atom stereocenters. The summed E-state index contributed by atoms with van der Waals surface area (Å²) in [5, 5.41) is 4.28. The number of ether oxygens (including phenoxy) is 2. The van der Waals surface area contributed by atoms with Gasteiger partial charge in [-0.2, -0.15) is 0 Å². The van der Waals surface area contributed by atoms with E-state index in [9.17, 15) is 4.79 Å². The lowest BCUT2D eigenvalue weighted by molar-refractivity contribution is -0.121. The second-order valence-corrected chi connectivity index (χ2v) is 6.60. The zero-order chi connectivity index (χ0) is 18.1. The van der Waals surface area contributed by atoms with E-state index in [0.717, 1.165) is 40.6 Å². The maximum absolute atomic E-state index is 12.6. The largest absolute Gasteiger partial charge is 0.493 e. The average molecular weight is 350 g/mol. The van der Waals surface area contributed by atoms with Crippen LogP contribution >= 0.6 is 0 Å². The summed E-state index contributed by atoms with van der Waals surface area (Å²) in [5.41, 5.74) is 4.40. The Bertz CT molecular complexity index is 961. The van der Waals surface area contributed by atoms with E-state index in [2.05, 4.69) is 10.3 Å². The SMILES string of the molecule is COc1cc2c(cc1OC)[C@H](NC(=O)Cc1c[nH]c3ccccc13)CC2. The minimum atomic E-state index is 0.0162. The molecular weight excluding hydrogens is 328 g/mol. The van der Waals surface area contributed by atoms with Crippen LogP contribution in [0.5, 0.6) is 11.5 Å². The van der Waals surface area contributed by atoms with Crippen LogP contribution in [0, 0.1) is 0 Å². The van der Waals surface area contributed by atoms with Gasteiger partial charge in [-0.1, -0.05) is 18.2 Å². The number of carbonyl (C=O) groups is 1. The lowest BCUT2D eigenvalue weighted by Crippen LogP contribution is -2.28. The molecule has 5 heteroatoms. The fourth-order valence-electron chi connectivity index (χ4n) is 3.78. The number of hydrogen-bond acceptors (Lipinski definition) is 3. The van der Waals surface area contributed by atoms with Gasteiger partial charge < -0.3 is 19.8 Å². The first-order chi connectivity index (χ1) is 12.7. The molecular formula is C21H22N2O3. The third-order valence-electron chi connectivity index (χ3n) is 5.08. The second-order valence-electron chi connectivity index (χ2n) is 6.60. The molecule has 1 atom stereocenters. The first-order valence-corrected chi connectivity index (χ1v) is 8.78. The van der Waals surface area contributed by atoms with Crippen LogP contribution in [0.4, 0.5) is 0 Å². The van der Waals surface area contributed by atoms with Crippen molar-refractivity contribution in [3.05, 3.63) is 59.3 Å². The maximum atomic E-state index is 12.6. The van der Waals surface area contributed by atoms with E-state index >= 15 is 0 Å². The third kappa shape index (κ3) is 2.90. The van der Waals surface area contributed by atoms with E-state index in [1.54, 1.807) is 14.2 Å². The van der Waals surface area contributed by atoms with Crippen molar-refractivity contribution in [2.24, 2.45) is 0 Å². The van der Waals surface area contributed by atoms with Gasteiger partial charge in [0.05, 0.1) is 26.7 Å². The molecule has 2 N–H and O–H groups in total. The zero-order valence-corrected chi connectivity index (χ0v) is 15.0. The molecule has 1 heterocycles. The highest BCUT2D eigenvalue weighted by Crippen LogP contribution is 2.39. The Balaban J connectivity index is 1.51. The van der Waals surface area contributed by atoms with Crippen molar-refractivity contribution in [3.63, 3.8) is 0 Å². The highest BCUT2D eigenvalue weighted by molar-refractivity contribution is 5.89. The molecule has 3 aromatic rings. The standard InChI is InChI=1S/C21H22N2O3/c1-25-19-9-13-7-8-18(16(13)11-20(19)26-2)23-21(24)10-14-12-22-17-6-4-3-5-15(14)17/h3-6,9,11-12,18,22H,7-8,10H2,1-2H3,(H,23,24)/t18-/m1/s1. The van der Waals surface area contributed by atoms with Crippen molar-refractivity contribution in [1.82, 2.24) is 10.3 Å². The molecule has 0 bridgehead atoms. The summed E-state index contributed by atoms with van der Waals surface area (Å²) < 4.78 is 10.8. The van der Waals surface area contributed by atoms with Gasteiger partial charge in [0.25, 0.3) is 0 Å². The van der Waals surface area contributed by atoms with Gasteiger partial charge in [-0.15, -0.1) is 0 Å². The molecule has 4 rings (SSSR count). The maximum Gasteiger partial charge on any atom is 0.224 e. The molecule has 0 saturated carbocycles. The molecule has 0 fully saturated rings. The van der Waals surface area contributed by atoms with Crippen molar-refractivity contribution in [3.8, 4) is 11.5 Å². The van der Waals surface area contributed by atoms with E-state index in [1.807, 2.05) is 42.6 Å². The van der Waals surface area contributed by atoms with Crippen LogP contribution in [-0.4, -0.2) is 25.1 Å². The summed E-state index contributed by atoms with van der Waals surface area (Å²) in [6.07, 6.45) is 4.10. The molecule has 1 aliphatic carbocycles. The summed E-state index contributed by atoms with van der Waals surface area (Å²) >= 11 is 0. The van der Waals surface area contributed by atoms with E-state index in [-0.39, 0.29) is 11.9 Å². The third-order valence-corrected chi connectivity index (χ3v) is 5.08. The van der Waals surface area contributed by atoms with Gasteiger partial charge in [0.15, 0.2) is 11.5 Å². The second kappa shape index (κ2) is 6.75. The molecule has 0 radical (unpaired) electrons. The van der Waals surface area contributed by atoms with E-state index in [0.29, 0.717) is 12.2 Å². The Morgan fingerprint density at radius 1 is 1.19 bits per heavy atom. The number of methoxy groups -OCH3 is 2. The highest BCUT2D eigenvalue weighted by atomic mass is 16.5. The zero-order valence-electron chi connectivity index (χ0n) is 15.0. The Morgan fingerprint density at radius 2 is 1.96 bits per heavy atom. The number of para-hydroxylation sites is 1. The van der Waals surface area contributed by atoms with Gasteiger partial charge >= 0.3 is 0 Å². The number of hydrogen-bond donors (Lipinski definition) is 2. The molecule has 1 aliphatic rings. The van der Waals surface area contributed by atoms with E-state index in [4.69, 9.17) is 9.47 Å². The van der Waals surface area contributed by atoms with Gasteiger partial charge in [-0.05, 0) is 47.7 Å². The highest BCUT2D eigenvalue weighted by Gasteiger charge is 2.26. The fraction of sp³-hybridized carbons (Fsp3) is 0.286. The Labute approximate surface area is 152 Å². The monoisotopic (exact) mass is 350 g/mol. The number of aromatic amines is 1. The lowest BCUT2D eigenvalue weighted by atomic mass is 10.1. The Hall–Kier alpha value is -2.95. The molecule has 2 aromatic carbocycles. The summed E-state index contributed by atoms with van der Waals surface area (Å²) in [6.45, 7) is 0. The first kappa shape index (κ1) is 16.5. The number of rotatable bonds is 5. The van der Waals surface area contributed by atoms with E-state index in [1.165, 1.54) is 5.56 Å². The molecule has 26 heavy (non-hydrogen) atoms. The Morgan fingerprint density at radius 3 is 2.77 bits per heavy atom. The van der Waals surface area contributed by atoms with Gasteiger partial charge in [-0.25, -0.2) is 0 Å². The van der Waals surface area contributed by atoms with Crippen molar-refractivity contribution >= 4 is 16.8 Å². The molecule has 5 nitrogen and oxygen atoms in total. The summed E-state index contributed by atoms with van der Waals surface area (Å²) in [7, 11) is 3.27. The predicted octanol–water partition coefficient (Wildman–Crippen LogP) is 3.53. The van der Waals surface area contributed by atoms with Crippen LogP contribution in [0.2, 0.25) is 0 Å². The van der Waals surface area contributed by atoms with Gasteiger partial charge in [0.1, 0.15) is 0 Å². The van der Waals surface area contributed by atoms with Crippen LogP contribution in [0.1, 0.15) is 29.2 Å². The fourth-order valence-corrected chi connectivity index (χ4v) is 3.78. The van der Waals surface area contributed by atoms with Crippen LogP contribution in [0.15, 0.2) is 42.6 Å². The molecule has 0 spiro atoms. The molecule has 0 saturated heterocycles. The van der Waals surface area contributed by atoms with Crippen molar-refractivity contribution in [2.75, 3.05) is 14.2 Å². The topological polar surface area (TPSA) is 63.4 Å². The molecule has 134 valence electrons. The van der Waals surface area contributed by atoms with Gasteiger partial charge in [-0.3, -0.25) is 4.79 Å². The number of fused-ring (bicyclic) bond motifs is 2. The summed E-state index contributed by atoms with van der Waals surface area (Å²) in [5.74, 6) is 1.46. The summed E-state index contributed by atoms with van der Waals surface area (Å²) in [4.78, 5) is 15.8. The minimum absolute atomic E-state index is 0.0162. The van der Waals surface area contributed by atoms with Gasteiger partial charge in [0.2, 0.25) is 5.91 Å². The van der Waals surface area contributed by atoms with Crippen LogP contribution < -0.4 is 14.8 Å². The van der Waals surface area contributed by atoms with Crippen molar-refractivity contribution in [1.29, 1.82) is 0 Å². The summed E-state index contributed by atoms with van der Waals surface area (Å²) in [6, 6.07) is 12.0. The van der Waals surface area contributed by atoms with Crippen molar-refractivity contribution < 1.29 is 14.3 Å². The lowest BCUT2D eigenvalue weighted by Gasteiger charge is -2.16. The van der Waals surface area contributed by atoms with Crippen LogP contribution in [0.25, 0.3) is 10.9 Å².